The van der Waals surface area contributed by atoms with Crippen molar-refractivity contribution in [2.75, 3.05) is 31.1 Å². The predicted octanol–water partition coefficient (Wildman–Crippen LogP) is 4.40. The molecule has 2 heterocycles. The largest absolute Gasteiger partial charge is 0.345 e. The van der Waals surface area contributed by atoms with Crippen LogP contribution in [0, 0.1) is 0 Å². The number of fused-ring (bicyclic) bond motifs is 1. The Kier molecular flexibility index (Phi) is 5.32. The fourth-order valence-corrected chi connectivity index (χ4v) is 4.64. The van der Waals surface area contributed by atoms with Crippen LogP contribution in [-0.4, -0.2) is 42.0 Å². The average Bonchev–Trinajstić information content (AvgIpc) is 3.12. The van der Waals surface area contributed by atoms with Crippen molar-refractivity contribution in [1.29, 1.82) is 0 Å². The van der Waals surface area contributed by atoms with Crippen LogP contribution in [0.2, 0.25) is 5.02 Å². The highest BCUT2D eigenvalue weighted by atomic mass is 35.5. The lowest BCUT2D eigenvalue weighted by molar-refractivity contribution is -0.130. The van der Waals surface area contributed by atoms with Crippen LogP contribution < -0.4 is 4.90 Å². The monoisotopic (exact) mass is 399 g/mol. The lowest BCUT2D eigenvalue weighted by Gasteiger charge is -2.34. The van der Waals surface area contributed by atoms with Gasteiger partial charge in [-0.2, -0.15) is 0 Å². The van der Waals surface area contributed by atoms with Crippen molar-refractivity contribution in [2.24, 2.45) is 0 Å². The number of nitrogens with zero attached hydrogens (tertiary/aromatic N) is 3. The molecule has 140 valence electrons. The lowest BCUT2D eigenvalue weighted by atomic mass is 10.1. The van der Waals surface area contributed by atoms with E-state index in [1.807, 2.05) is 23.1 Å². The number of carbonyl (C=O) groups is 1. The standard InChI is InChI=1S/C21H22ClN3OS/c1-2-15-3-5-16(6-4-15)13-20(26)24-9-11-25(12-10-24)21-23-18-8-7-17(22)14-19(18)27-21/h3-8,14H,2,9-13H2,1H3. The van der Waals surface area contributed by atoms with Gasteiger partial charge in [-0.3, -0.25) is 4.79 Å². The van der Waals surface area contributed by atoms with E-state index >= 15 is 0 Å². The number of halogens is 1. The number of amides is 1. The fourth-order valence-electron chi connectivity index (χ4n) is 3.35. The first-order valence-corrected chi connectivity index (χ1v) is 10.5. The Hall–Kier alpha value is -2.11. The maximum Gasteiger partial charge on any atom is 0.227 e. The molecule has 1 aliphatic rings. The van der Waals surface area contributed by atoms with E-state index in [1.165, 1.54) is 5.56 Å². The van der Waals surface area contributed by atoms with Crippen LogP contribution in [0.25, 0.3) is 10.2 Å². The summed E-state index contributed by atoms with van der Waals surface area (Å²) in [5.41, 5.74) is 3.37. The third-order valence-corrected chi connectivity index (χ3v) is 6.34. The lowest BCUT2D eigenvalue weighted by Crippen LogP contribution is -2.49. The number of aromatic nitrogens is 1. The smallest absolute Gasteiger partial charge is 0.227 e. The third kappa shape index (κ3) is 4.09. The van der Waals surface area contributed by atoms with Crippen LogP contribution >= 0.6 is 22.9 Å². The van der Waals surface area contributed by atoms with Crippen molar-refractivity contribution in [3.05, 3.63) is 58.6 Å². The topological polar surface area (TPSA) is 36.4 Å². The van der Waals surface area contributed by atoms with Crippen LogP contribution in [0.1, 0.15) is 18.1 Å². The molecule has 0 unspecified atom stereocenters. The minimum absolute atomic E-state index is 0.204. The maximum atomic E-state index is 12.6. The molecule has 1 saturated heterocycles. The van der Waals surface area contributed by atoms with Crippen molar-refractivity contribution in [1.82, 2.24) is 9.88 Å². The van der Waals surface area contributed by atoms with Gasteiger partial charge in [0.25, 0.3) is 0 Å². The van der Waals surface area contributed by atoms with Crippen molar-refractivity contribution in [3.8, 4) is 0 Å². The molecule has 4 nitrogen and oxygen atoms in total. The molecule has 27 heavy (non-hydrogen) atoms. The normalized spacial score (nSPS) is 14.7. The Morgan fingerprint density at radius 3 is 2.48 bits per heavy atom. The van der Waals surface area contributed by atoms with Gasteiger partial charge in [0.15, 0.2) is 5.13 Å². The van der Waals surface area contributed by atoms with Crippen LogP contribution in [-0.2, 0) is 17.6 Å². The number of aryl methyl sites for hydroxylation is 1. The molecule has 0 saturated carbocycles. The van der Waals surface area contributed by atoms with Crippen molar-refractivity contribution in [2.45, 2.75) is 19.8 Å². The van der Waals surface area contributed by atoms with Gasteiger partial charge in [-0.15, -0.1) is 0 Å². The SMILES string of the molecule is CCc1ccc(CC(=O)N2CCN(c3nc4ccc(Cl)cc4s3)CC2)cc1. The highest BCUT2D eigenvalue weighted by molar-refractivity contribution is 7.22. The molecule has 0 radical (unpaired) electrons. The van der Waals surface area contributed by atoms with Gasteiger partial charge >= 0.3 is 0 Å². The maximum absolute atomic E-state index is 12.6. The quantitative estimate of drug-likeness (QED) is 0.652. The molecular formula is C21H22ClN3OS. The summed E-state index contributed by atoms with van der Waals surface area (Å²) in [7, 11) is 0. The van der Waals surface area contributed by atoms with Gasteiger partial charge in [-0.1, -0.05) is 54.1 Å². The van der Waals surface area contributed by atoms with E-state index in [-0.39, 0.29) is 5.91 Å². The molecule has 2 aromatic carbocycles. The first-order chi connectivity index (χ1) is 13.1. The van der Waals surface area contributed by atoms with Gasteiger partial charge in [0.05, 0.1) is 16.6 Å². The molecule has 0 N–H and O–H groups in total. The Labute approximate surface area is 168 Å². The number of hydrogen-bond donors (Lipinski definition) is 0. The molecule has 0 aliphatic carbocycles. The zero-order chi connectivity index (χ0) is 18.8. The number of hydrogen-bond acceptors (Lipinski definition) is 4. The zero-order valence-electron chi connectivity index (χ0n) is 15.3. The van der Waals surface area contributed by atoms with Gasteiger partial charge in [-0.25, -0.2) is 4.98 Å². The summed E-state index contributed by atoms with van der Waals surface area (Å²) in [4.78, 5) is 21.6. The molecule has 0 spiro atoms. The minimum atomic E-state index is 0.204. The molecule has 1 aromatic heterocycles. The summed E-state index contributed by atoms with van der Waals surface area (Å²) in [6, 6.07) is 14.2. The second-order valence-electron chi connectivity index (χ2n) is 6.82. The summed E-state index contributed by atoms with van der Waals surface area (Å²) >= 11 is 7.73. The second-order valence-corrected chi connectivity index (χ2v) is 8.27. The average molecular weight is 400 g/mol. The first-order valence-electron chi connectivity index (χ1n) is 9.29. The van der Waals surface area contributed by atoms with E-state index in [2.05, 4.69) is 36.1 Å². The molecule has 1 aliphatic heterocycles. The van der Waals surface area contributed by atoms with Crippen LogP contribution in [0.15, 0.2) is 42.5 Å². The van der Waals surface area contributed by atoms with Crippen LogP contribution in [0.5, 0.6) is 0 Å². The Morgan fingerprint density at radius 2 is 1.78 bits per heavy atom. The number of benzene rings is 2. The molecule has 6 heteroatoms. The summed E-state index contributed by atoms with van der Waals surface area (Å²) in [5.74, 6) is 0.204. The van der Waals surface area contributed by atoms with E-state index in [0.717, 1.165) is 58.5 Å². The second kappa shape index (κ2) is 7.87. The Bertz CT molecular complexity index is 946. The Balaban J connectivity index is 1.36. The number of piperazine rings is 1. The van der Waals surface area contributed by atoms with E-state index in [9.17, 15) is 4.79 Å². The fraction of sp³-hybridized carbons (Fsp3) is 0.333. The van der Waals surface area contributed by atoms with Crippen molar-refractivity contribution < 1.29 is 4.79 Å². The van der Waals surface area contributed by atoms with Crippen LogP contribution in [0.4, 0.5) is 5.13 Å². The highest BCUT2D eigenvalue weighted by Gasteiger charge is 2.23. The van der Waals surface area contributed by atoms with Gasteiger partial charge in [0, 0.05) is 31.2 Å². The van der Waals surface area contributed by atoms with Gasteiger partial charge in [0.2, 0.25) is 5.91 Å². The van der Waals surface area contributed by atoms with Crippen LogP contribution in [0.3, 0.4) is 0 Å². The summed E-state index contributed by atoms with van der Waals surface area (Å²) in [5, 5.41) is 1.75. The number of thiazole rings is 1. The third-order valence-electron chi connectivity index (χ3n) is 5.03. The molecular weight excluding hydrogens is 378 g/mol. The van der Waals surface area contributed by atoms with Gasteiger partial charge in [0.1, 0.15) is 0 Å². The summed E-state index contributed by atoms with van der Waals surface area (Å²) < 4.78 is 1.10. The molecule has 1 amide bonds. The van der Waals surface area contributed by atoms with Crippen molar-refractivity contribution >= 4 is 44.2 Å². The summed E-state index contributed by atoms with van der Waals surface area (Å²) in [6.45, 7) is 5.24. The van der Waals surface area contributed by atoms with Gasteiger partial charge < -0.3 is 9.80 Å². The van der Waals surface area contributed by atoms with Crippen molar-refractivity contribution in [3.63, 3.8) is 0 Å². The molecule has 3 aromatic rings. The number of anilines is 1. The van der Waals surface area contributed by atoms with E-state index in [0.29, 0.717) is 6.42 Å². The summed E-state index contributed by atoms with van der Waals surface area (Å²) in [6.07, 6.45) is 1.50. The minimum Gasteiger partial charge on any atom is -0.345 e. The van der Waals surface area contributed by atoms with E-state index < -0.39 is 0 Å². The van der Waals surface area contributed by atoms with E-state index in [1.54, 1.807) is 11.3 Å². The molecule has 4 rings (SSSR count). The number of carbonyl (C=O) groups excluding carboxylic acids is 1. The first kappa shape index (κ1) is 18.3. The highest BCUT2D eigenvalue weighted by Crippen LogP contribution is 2.31. The van der Waals surface area contributed by atoms with Gasteiger partial charge in [-0.05, 0) is 35.7 Å². The Morgan fingerprint density at radius 1 is 1.07 bits per heavy atom. The predicted molar refractivity (Wildman–Crippen MR) is 113 cm³/mol. The zero-order valence-corrected chi connectivity index (χ0v) is 16.9. The molecule has 0 atom stereocenters. The van der Waals surface area contributed by atoms with E-state index in [4.69, 9.17) is 16.6 Å². The molecule has 1 fully saturated rings. The molecule has 0 bridgehead atoms. The number of rotatable bonds is 4.